The average molecular weight is 276 g/mol. The van der Waals surface area contributed by atoms with Gasteiger partial charge in [0.25, 0.3) is 0 Å². The van der Waals surface area contributed by atoms with Crippen LogP contribution in [0.2, 0.25) is 0 Å². The average Bonchev–Trinajstić information content (AvgIpc) is 2.99. The SMILES string of the molecule is O=C(Nc1nncs1)N[C@H]1c2ccccc2C[C@H]1O. The molecule has 0 saturated carbocycles. The van der Waals surface area contributed by atoms with Gasteiger partial charge in [-0.1, -0.05) is 35.6 Å². The quantitative estimate of drug-likeness (QED) is 0.772. The lowest BCUT2D eigenvalue weighted by Gasteiger charge is -2.17. The summed E-state index contributed by atoms with van der Waals surface area (Å²) in [4.78, 5) is 11.8. The van der Waals surface area contributed by atoms with Gasteiger partial charge in [0.15, 0.2) is 0 Å². The van der Waals surface area contributed by atoms with Gasteiger partial charge in [-0.25, -0.2) is 4.79 Å². The predicted octanol–water partition coefficient (Wildman–Crippen LogP) is 1.32. The third-order valence-electron chi connectivity index (χ3n) is 3.07. The molecule has 2 aromatic rings. The molecule has 6 nitrogen and oxygen atoms in total. The zero-order valence-corrected chi connectivity index (χ0v) is 10.7. The van der Waals surface area contributed by atoms with Crippen LogP contribution in [0.1, 0.15) is 17.2 Å². The monoisotopic (exact) mass is 276 g/mol. The van der Waals surface area contributed by atoms with Crippen molar-refractivity contribution in [2.75, 3.05) is 5.32 Å². The number of hydrogen-bond donors (Lipinski definition) is 3. The Morgan fingerprint density at radius 1 is 1.42 bits per heavy atom. The molecule has 1 heterocycles. The molecule has 7 heteroatoms. The molecule has 1 aromatic heterocycles. The van der Waals surface area contributed by atoms with Crippen molar-refractivity contribution in [1.29, 1.82) is 0 Å². The molecule has 1 aromatic carbocycles. The first-order chi connectivity index (χ1) is 9.24. The molecule has 19 heavy (non-hydrogen) atoms. The van der Waals surface area contributed by atoms with Gasteiger partial charge in [0, 0.05) is 6.42 Å². The number of aliphatic hydroxyl groups excluding tert-OH is 1. The molecule has 0 radical (unpaired) electrons. The minimum absolute atomic E-state index is 0.385. The fraction of sp³-hybridized carbons (Fsp3) is 0.250. The fourth-order valence-electron chi connectivity index (χ4n) is 2.25. The van der Waals surface area contributed by atoms with Crippen LogP contribution in [0.15, 0.2) is 29.8 Å². The predicted molar refractivity (Wildman–Crippen MR) is 71.0 cm³/mol. The molecule has 0 unspecified atom stereocenters. The summed E-state index contributed by atoms with van der Waals surface area (Å²) in [5, 5.41) is 23.2. The second-order valence-corrected chi connectivity index (χ2v) is 5.12. The highest BCUT2D eigenvalue weighted by Crippen LogP contribution is 2.31. The Balaban J connectivity index is 1.71. The molecule has 2 amide bonds. The van der Waals surface area contributed by atoms with Crippen LogP contribution in [0.3, 0.4) is 0 Å². The standard InChI is InChI=1S/C12H12N4O2S/c17-9-5-7-3-1-2-4-8(7)10(9)14-11(18)15-12-16-13-6-19-12/h1-4,6,9-10,17H,5H2,(H2,14,15,16,18)/t9-,10+/m1/s1. The van der Waals surface area contributed by atoms with Crippen molar-refractivity contribution >= 4 is 22.5 Å². The Morgan fingerprint density at radius 2 is 2.26 bits per heavy atom. The Labute approximate surface area is 113 Å². The van der Waals surface area contributed by atoms with E-state index in [4.69, 9.17) is 0 Å². The van der Waals surface area contributed by atoms with E-state index in [1.807, 2.05) is 24.3 Å². The second-order valence-electron chi connectivity index (χ2n) is 4.29. The molecule has 0 saturated heterocycles. The van der Waals surface area contributed by atoms with Gasteiger partial charge in [0.1, 0.15) is 5.51 Å². The third kappa shape index (κ3) is 2.42. The highest BCUT2D eigenvalue weighted by molar-refractivity contribution is 7.13. The number of aliphatic hydroxyl groups is 1. The minimum Gasteiger partial charge on any atom is -0.390 e. The van der Waals surface area contributed by atoms with E-state index in [1.165, 1.54) is 16.8 Å². The van der Waals surface area contributed by atoms with E-state index in [1.54, 1.807) is 0 Å². The number of nitrogens with zero attached hydrogens (tertiary/aromatic N) is 2. The molecule has 3 rings (SSSR count). The van der Waals surface area contributed by atoms with Crippen LogP contribution in [-0.2, 0) is 6.42 Å². The zero-order valence-electron chi connectivity index (χ0n) is 9.91. The van der Waals surface area contributed by atoms with Gasteiger partial charge in [-0.3, -0.25) is 5.32 Å². The number of fused-ring (bicyclic) bond motifs is 1. The van der Waals surface area contributed by atoms with E-state index >= 15 is 0 Å². The highest BCUT2D eigenvalue weighted by atomic mass is 32.1. The molecule has 98 valence electrons. The van der Waals surface area contributed by atoms with Gasteiger partial charge in [-0.05, 0) is 11.1 Å². The van der Waals surface area contributed by atoms with Gasteiger partial charge < -0.3 is 10.4 Å². The van der Waals surface area contributed by atoms with Crippen LogP contribution in [0.5, 0.6) is 0 Å². The van der Waals surface area contributed by atoms with Crippen molar-refractivity contribution in [3.05, 3.63) is 40.9 Å². The fourth-order valence-corrected chi connectivity index (χ4v) is 2.69. The molecular weight excluding hydrogens is 264 g/mol. The molecule has 3 N–H and O–H groups in total. The van der Waals surface area contributed by atoms with Crippen LogP contribution in [-0.4, -0.2) is 27.4 Å². The van der Waals surface area contributed by atoms with Crippen LogP contribution in [0, 0.1) is 0 Å². The van der Waals surface area contributed by atoms with Gasteiger partial charge in [-0.15, -0.1) is 10.2 Å². The molecule has 0 aliphatic heterocycles. The molecule has 1 aliphatic carbocycles. The summed E-state index contributed by atoms with van der Waals surface area (Å²) in [6, 6.07) is 6.93. The number of nitrogens with one attached hydrogen (secondary N) is 2. The van der Waals surface area contributed by atoms with Crippen LogP contribution < -0.4 is 10.6 Å². The largest absolute Gasteiger partial charge is 0.390 e. The normalized spacial score (nSPS) is 20.9. The number of carbonyl (C=O) groups is 1. The maximum atomic E-state index is 11.8. The van der Waals surface area contributed by atoms with E-state index < -0.39 is 12.1 Å². The Hall–Kier alpha value is -1.99. The van der Waals surface area contributed by atoms with Crippen molar-refractivity contribution < 1.29 is 9.90 Å². The van der Waals surface area contributed by atoms with Crippen molar-refractivity contribution in [3.8, 4) is 0 Å². The van der Waals surface area contributed by atoms with Crippen molar-refractivity contribution in [2.24, 2.45) is 0 Å². The summed E-state index contributed by atoms with van der Waals surface area (Å²) in [6.07, 6.45) is -0.0440. The zero-order chi connectivity index (χ0) is 13.2. The van der Waals surface area contributed by atoms with Gasteiger partial charge in [0.05, 0.1) is 12.1 Å². The van der Waals surface area contributed by atoms with Crippen LogP contribution >= 0.6 is 11.3 Å². The third-order valence-corrected chi connectivity index (χ3v) is 3.68. The Morgan fingerprint density at radius 3 is 3.05 bits per heavy atom. The molecule has 1 aliphatic rings. The highest BCUT2D eigenvalue weighted by Gasteiger charge is 2.31. The van der Waals surface area contributed by atoms with Crippen molar-refractivity contribution in [2.45, 2.75) is 18.6 Å². The molecular formula is C12H12N4O2S. The van der Waals surface area contributed by atoms with Crippen molar-refractivity contribution in [3.63, 3.8) is 0 Å². The lowest BCUT2D eigenvalue weighted by molar-refractivity contribution is 0.144. The summed E-state index contributed by atoms with van der Waals surface area (Å²) in [5.41, 5.74) is 3.56. The second kappa shape index (κ2) is 4.94. The minimum atomic E-state index is -0.599. The smallest absolute Gasteiger partial charge is 0.321 e. The first kappa shape index (κ1) is 12.1. The summed E-state index contributed by atoms with van der Waals surface area (Å²) in [7, 11) is 0. The number of hydrogen-bond acceptors (Lipinski definition) is 5. The summed E-state index contributed by atoms with van der Waals surface area (Å²) in [5.74, 6) is 0. The maximum Gasteiger partial charge on any atom is 0.321 e. The Kier molecular flexibility index (Phi) is 3.14. The molecule has 2 atom stereocenters. The lowest BCUT2D eigenvalue weighted by atomic mass is 10.1. The van der Waals surface area contributed by atoms with Crippen LogP contribution in [0.4, 0.5) is 9.93 Å². The summed E-state index contributed by atoms with van der Waals surface area (Å²) < 4.78 is 0. The maximum absolute atomic E-state index is 11.8. The topological polar surface area (TPSA) is 87.1 Å². The van der Waals surface area contributed by atoms with Crippen molar-refractivity contribution in [1.82, 2.24) is 15.5 Å². The van der Waals surface area contributed by atoms with E-state index in [0.717, 1.165) is 11.1 Å². The van der Waals surface area contributed by atoms with E-state index in [9.17, 15) is 9.90 Å². The lowest BCUT2D eigenvalue weighted by Crippen LogP contribution is -2.36. The van der Waals surface area contributed by atoms with Gasteiger partial charge in [0.2, 0.25) is 5.13 Å². The Bertz CT molecular complexity index is 587. The van der Waals surface area contributed by atoms with Crippen LogP contribution in [0.25, 0.3) is 0 Å². The number of amides is 2. The molecule has 0 bridgehead atoms. The summed E-state index contributed by atoms with van der Waals surface area (Å²) in [6.45, 7) is 0. The van der Waals surface area contributed by atoms with Gasteiger partial charge in [-0.2, -0.15) is 0 Å². The molecule has 0 fully saturated rings. The number of urea groups is 1. The number of carbonyl (C=O) groups excluding carboxylic acids is 1. The van der Waals surface area contributed by atoms with E-state index in [-0.39, 0.29) is 6.04 Å². The van der Waals surface area contributed by atoms with E-state index in [0.29, 0.717) is 11.6 Å². The van der Waals surface area contributed by atoms with E-state index in [2.05, 4.69) is 20.8 Å². The van der Waals surface area contributed by atoms with Gasteiger partial charge >= 0.3 is 6.03 Å². The first-order valence-electron chi connectivity index (χ1n) is 5.83. The molecule has 0 spiro atoms. The number of anilines is 1. The number of benzene rings is 1. The first-order valence-corrected chi connectivity index (χ1v) is 6.71. The number of aromatic nitrogens is 2. The summed E-state index contributed by atoms with van der Waals surface area (Å²) >= 11 is 1.24. The number of rotatable bonds is 2.